The van der Waals surface area contributed by atoms with Gasteiger partial charge in [-0.05, 0) is 72.1 Å². The summed E-state index contributed by atoms with van der Waals surface area (Å²) in [5, 5.41) is 4.63. The van der Waals surface area contributed by atoms with E-state index in [9.17, 15) is 0 Å². The summed E-state index contributed by atoms with van der Waals surface area (Å²) in [5.74, 6) is 0.628. The Kier molecular flexibility index (Phi) is 7.39. The first kappa shape index (κ1) is 32.1. The van der Waals surface area contributed by atoms with Crippen LogP contribution in [0.1, 0.15) is 23.2 Å². The fraction of sp³-hybridized carbons (Fsp3) is 0.0392. The summed E-state index contributed by atoms with van der Waals surface area (Å²) in [6.07, 6.45) is 5.19. The molecule has 0 fully saturated rings. The SMILES string of the molecule is Cc1ccccc1/N=C1\CC=Cc2c1n(-c1nc(-c3ccccc3)c3ccccc3n1)c1ccc(-c3ccc4c5ccccc5n(-c5ccccc5)c4c3)cc21. The molecule has 0 spiro atoms. The third kappa shape index (κ3) is 5.13. The Morgan fingerprint density at radius 1 is 0.518 bits per heavy atom. The van der Waals surface area contributed by atoms with Crippen LogP contribution in [0.2, 0.25) is 0 Å². The highest BCUT2D eigenvalue weighted by atomic mass is 15.2. The first-order valence-corrected chi connectivity index (χ1v) is 19.1. The molecule has 3 heterocycles. The lowest BCUT2D eigenvalue weighted by Crippen LogP contribution is -2.14. The van der Waals surface area contributed by atoms with Gasteiger partial charge in [0, 0.05) is 44.8 Å². The Morgan fingerprint density at radius 2 is 1.20 bits per heavy atom. The number of aliphatic imine (C=N–C) groups is 1. The number of nitrogens with zero attached hydrogens (tertiary/aromatic N) is 5. The third-order valence-electron chi connectivity index (χ3n) is 11.1. The number of allylic oxidation sites excluding steroid dienone is 1. The van der Waals surface area contributed by atoms with Crippen LogP contribution in [0.15, 0.2) is 181 Å². The molecule has 5 nitrogen and oxygen atoms in total. The summed E-state index contributed by atoms with van der Waals surface area (Å²) in [7, 11) is 0. The first-order valence-electron chi connectivity index (χ1n) is 19.1. The van der Waals surface area contributed by atoms with E-state index in [-0.39, 0.29) is 0 Å². The van der Waals surface area contributed by atoms with Gasteiger partial charge in [-0.3, -0.25) is 9.56 Å². The summed E-state index contributed by atoms with van der Waals surface area (Å²) in [6, 6.07) is 60.0. The Morgan fingerprint density at radius 3 is 2.05 bits per heavy atom. The van der Waals surface area contributed by atoms with Crippen molar-refractivity contribution in [1.29, 1.82) is 0 Å². The van der Waals surface area contributed by atoms with E-state index in [1.165, 1.54) is 21.8 Å². The van der Waals surface area contributed by atoms with Crippen LogP contribution < -0.4 is 0 Å². The maximum atomic E-state index is 5.37. The Balaban J connectivity index is 1.17. The van der Waals surface area contributed by atoms with E-state index in [0.717, 1.165) is 78.1 Å². The van der Waals surface area contributed by atoms with E-state index in [1.807, 2.05) is 12.1 Å². The Bertz CT molecular complexity index is 3220. The third-order valence-corrected chi connectivity index (χ3v) is 11.1. The lowest BCUT2D eigenvalue weighted by atomic mass is 9.97. The highest BCUT2D eigenvalue weighted by Crippen LogP contribution is 2.40. The smallest absolute Gasteiger partial charge is 0.235 e. The molecule has 0 aliphatic heterocycles. The molecule has 5 heteroatoms. The van der Waals surface area contributed by atoms with Crippen molar-refractivity contribution in [1.82, 2.24) is 19.1 Å². The minimum atomic E-state index is 0.628. The monoisotopic (exact) mass is 717 g/mol. The van der Waals surface area contributed by atoms with E-state index >= 15 is 0 Å². The highest BCUT2D eigenvalue weighted by Gasteiger charge is 2.26. The molecular weight excluding hydrogens is 683 g/mol. The molecule has 56 heavy (non-hydrogen) atoms. The van der Waals surface area contributed by atoms with Crippen LogP contribution in [0, 0.1) is 6.92 Å². The van der Waals surface area contributed by atoms with Gasteiger partial charge in [0.25, 0.3) is 0 Å². The van der Waals surface area contributed by atoms with Gasteiger partial charge in [-0.25, -0.2) is 9.97 Å². The topological polar surface area (TPSA) is 48.0 Å². The average molecular weight is 718 g/mol. The van der Waals surface area contributed by atoms with Gasteiger partial charge in [-0.15, -0.1) is 0 Å². The fourth-order valence-electron chi connectivity index (χ4n) is 8.46. The van der Waals surface area contributed by atoms with Crippen LogP contribution in [0.4, 0.5) is 5.69 Å². The number of fused-ring (bicyclic) bond motifs is 7. The molecule has 0 saturated heterocycles. The van der Waals surface area contributed by atoms with Gasteiger partial charge in [-0.1, -0.05) is 133 Å². The van der Waals surface area contributed by atoms with Crippen molar-refractivity contribution in [3.05, 3.63) is 193 Å². The van der Waals surface area contributed by atoms with Crippen molar-refractivity contribution < 1.29 is 0 Å². The summed E-state index contributed by atoms with van der Waals surface area (Å²) >= 11 is 0. The molecule has 10 aromatic rings. The second-order valence-electron chi connectivity index (χ2n) is 14.5. The Hall–Kier alpha value is -7.37. The van der Waals surface area contributed by atoms with Crippen molar-refractivity contribution in [2.24, 2.45) is 4.99 Å². The van der Waals surface area contributed by atoms with E-state index < -0.39 is 0 Å². The first-order chi connectivity index (χ1) is 27.7. The quantitative estimate of drug-likeness (QED) is 0.178. The van der Waals surface area contributed by atoms with Gasteiger partial charge in [-0.2, -0.15) is 0 Å². The largest absolute Gasteiger partial charge is 0.309 e. The van der Waals surface area contributed by atoms with E-state index in [2.05, 4.69) is 186 Å². The molecule has 0 saturated carbocycles. The molecule has 1 aliphatic rings. The van der Waals surface area contributed by atoms with Crippen molar-refractivity contribution in [3.8, 4) is 34.0 Å². The van der Waals surface area contributed by atoms with Crippen molar-refractivity contribution >= 4 is 61.1 Å². The van der Waals surface area contributed by atoms with Crippen molar-refractivity contribution in [2.45, 2.75) is 13.3 Å². The zero-order valence-electron chi connectivity index (χ0n) is 30.8. The van der Waals surface area contributed by atoms with Gasteiger partial charge in [0.05, 0.1) is 44.9 Å². The fourth-order valence-corrected chi connectivity index (χ4v) is 8.46. The van der Waals surface area contributed by atoms with E-state index in [0.29, 0.717) is 12.4 Å². The van der Waals surface area contributed by atoms with Crippen molar-refractivity contribution in [2.75, 3.05) is 0 Å². The molecule has 1 aliphatic carbocycles. The second kappa shape index (κ2) is 12.9. The van der Waals surface area contributed by atoms with E-state index in [4.69, 9.17) is 15.0 Å². The highest BCUT2D eigenvalue weighted by molar-refractivity contribution is 6.14. The number of aryl methyl sites for hydroxylation is 1. The zero-order valence-corrected chi connectivity index (χ0v) is 30.8. The lowest BCUT2D eigenvalue weighted by Gasteiger charge is -2.16. The Labute approximate surface area is 324 Å². The normalized spacial score (nSPS) is 13.3. The number of hydrogen-bond acceptors (Lipinski definition) is 3. The number of rotatable bonds is 5. The van der Waals surface area contributed by atoms with Crippen LogP contribution in [-0.2, 0) is 0 Å². The predicted molar refractivity (Wildman–Crippen MR) is 233 cm³/mol. The van der Waals surface area contributed by atoms with Crippen molar-refractivity contribution in [3.63, 3.8) is 0 Å². The van der Waals surface area contributed by atoms with Crippen LogP contribution in [0.25, 0.3) is 83.7 Å². The predicted octanol–water partition coefficient (Wildman–Crippen LogP) is 12.9. The number of hydrogen-bond donors (Lipinski definition) is 0. The minimum Gasteiger partial charge on any atom is -0.309 e. The molecular formula is C51H35N5. The van der Waals surface area contributed by atoms with Crippen LogP contribution in [0.3, 0.4) is 0 Å². The minimum absolute atomic E-state index is 0.628. The van der Waals surface area contributed by atoms with Gasteiger partial charge < -0.3 is 4.57 Å². The summed E-state index contributed by atoms with van der Waals surface area (Å²) in [6.45, 7) is 2.12. The van der Waals surface area contributed by atoms with E-state index in [1.54, 1.807) is 0 Å². The molecule has 3 aromatic heterocycles. The summed E-state index contributed by atoms with van der Waals surface area (Å²) in [5.41, 5.74) is 15.0. The molecule has 11 rings (SSSR count). The van der Waals surface area contributed by atoms with Gasteiger partial charge in [0.15, 0.2) is 0 Å². The zero-order chi connectivity index (χ0) is 37.2. The standard InChI is InChI=1S/C51H35N5/c1-33-15-8-11-23-43(33)52-45-25-14-22-40-42-31-35(36-27-29-39-38-20-10-13-26-46(38)55(48(39)32-36)37-18-6-3-7-19-37)28-30-47(42)56(50(40)45)51-53-44-24-12-9-21-41(44)49(54-51)34-16-4-2-5-17-34/h2-24,26-32H,25H2,1H3/b52-45+. The molecule has 7 aromatic carbocycles. The van der Waals surface area contributed by atoms with Gasteiger partial charge in [0.2, 0.25) is 5.95 Å². The van der Waals surface area contributed by atoms with Crippen LogP contribution in [-0.4, -0.2) is 24.8 Å². The maximum absolute atomic E-state index is 5.37. The lowest BCUT2D eigenvalue weighted by molar-refractivity contribution is 0.967. The number of benzene rings is 7. The summed E-state index contributed by atoms with van der Waals surface area (Å²) in [4.78, 5) is 16.0. The number of para-hydroxylation sites is 4. The maximum Gasteiger partial charge on any atom is 0.235 e. The average Bonchev–Trinajstić information content (AvgIpc) is 3.77. The van der Waals surface area contributed by atoms with Crippen LogP contribution in [0.5, 0.6) is 0 Å². The number of aromatic nitrogens is 4. The molecule has 0 unspecified atom stereocenters. The van der Waals surface area contributed by atoms with Gasteiger partial charge in [0.1, 0.15) is 0 Å². The molecule has 0 radical (unpaired) electrons. The molecule has 264 valence electrons. The summed E-state index contributed by atoms with van der Waals surface area (Å²) < 4.78 is 4.62. The van der Waals surface area contributed by atoms with Crippen LogP contribution >= 0.6 is 0 Å². The second-order valence-corrected chi connectivity index (χ2v) is 14.5. The molecule has 0 atom stereocenters. The van der Waals surface area contributed by atoms with Gasteiger partial charge >= 0.3 is 0 Å². The molecule has 0 N–H and O–H groups in total. The molecule has 0 bridgehead atoms. The molecule has 0 amide bonds.